The molecule has 1 aromatic heterocycles. The van der Waals surface area contributed by atoms with Gasteiger partial charge in [0.25, 0.3) is 0 Å². The van der Waals surface area contributed by atoms with Crippen molar-refractivity contribution in [2.45, 2.75) is 12.8 Å². The lowest BCUT2D eigenvalue weighted by Gasteiger charge is -2.05. The summed E-state index contributed by atoms with van der Waals surface area (Å²) < 4.78 is 40.8. The molecule has 0 spiro atoms. The molecule has 0 amide bonds. The van der Waals surface area contributed by atoms with Gasteiger partial charge < -0.3 is 4.74 Å². The van der Waals surface area contributed by atoms with Crippen LogP contribution in [-0.2, 0) is 18.4 Å². The highest BCUT2D eigenvalue weighted by Gasteiger charge is 2.27. The van der Waals surface area contributed by atoms with Crippen LogP contribution >= 0.6 is 11.6 Å². The first-order valence-corrected chi connectivity index (χ1v) is 4.09. The molecule has 3 nitrogen and oxygen atoms in total. The molecule has 0 aliphatic heterocycles. The zero-order valence-corrected chi connectivity index (χ0v) is 8.06. The summed E-state index contributed by atoms with van der Waals surface area (Å²) in [6, 6.07) is 0. The largest absolute Gasteiger partial charge is 0.411 e. The number of hydrogen-bond donors (Lipinski definition) is 0. The first-order chi connectivity index (χ1) is 6.38. The molecule has 1 aromatic rings. The highest BCUT2D eigenvalue weighted by Crippen LogP contribution is 2.18. The third-order valence-corrected chi connectivity index (χ3v) is 1.67. The lowest BCUT2D eigenvalue weighted by Crippen LogP contribution is -2.16. The van der Waals surface area contributed by atoms with E-state index < -0.39 is 12.8 Å². The van der Waals surface area contributed by atoms with Gasteiger partial charge in [-0.15, -0.1) is 0 Å². The topological polar surface area (TPSA) is 27.1 Å². The highest BCUT2D eigenvalue weighted by atomic mass is 35.5. The minimum atomic E-state index is -4.32. The standard InChI is InChI=1S/C7H8ClF3N2O/c1-13-2-5(8)6(12-13)3-14-4-7(9,10)11/h2H,3-4H2,1H3. The van der Waals surface area contributed by atoms with Gasteiger partial charge in [0.2, 0.25) is 0 Å². The molecule has 0 radical (unpaired) electrons. The summed E-state index contributed by atoms with van der Waals surface area (Å²) in [6.07, 6.45) is -2.82. The Bertz CT molecular complexity index is 310. The number of ether oxygens (including phenoxy) is 1. The van der Waals surface area contributed by atoms with Gasteiger partial charge in [0.05, 0.1) is 11.6 Å². The van der Waals surface area contributed by atoms with Crippen molar-refractivity contribution < 1.29 is 17.9 Å². The van der Waals surface area contributed by atoms with Crippen molar-refractivity contribution in [2.24, 2.45) is 7.05 Å². The molecule has 0 aliphatic carbocycles. The zero-order valence-electron chi connectivity index (χ0n) is 7.31. The fraction of sp³-hybridized carbons (Fsp3) is 0.571. The maximum Gasteiger partial charge on any atom is 0.411 e. The Balaban J connectivity index is 2.42. The molecular formula is C7H8ClF3N2O. The first kappa shape index (κ1) is 11.3. The maximum absolute atomic E-state index is 11.7. The van der Waals surface area contributed by atoms with E-state index >= 15 is 0 Å². The Morgan fingerprint density at radius 3 is 2.64 bits per heavy atom. The van der Waals surface area contributed by atoms with Crippen LogP contribution in [0.15, 0.2) is 6.20 Å². The van der Waals surface area contributed by atoms with Crippen molar-refractivity contribution in [3.8, 4) is 0 Å². The van der Waals surface area contributed by atoms with Gasteiger partial charge in [-0.25, -0.2) is 0 Å². The Morgan fingerprint density at radius 1 is 1.57 bits per heavy atom. The third kappa shape index (κ3) is 3.55. The average Bonchev–Trinajstić information content (AvgIpc) is 2.27. The van der Waals surface area contributed by atoms with Gasteiger partial charge in [0.15, 0.2) is 0 Å². The van der Waals surface area contributed by atoms with E-state index in [9.17, 15) is 13.2 Å². The minimum Gasteiger partial charge on any atom is -0.366 e. The van der Waals surface area contributed by atoms with Crippen LogP contribution in [0.5, 0.6) is 0 Å². The molecule has 0 fully saturated rings. The number of alkyl halides is 3. The molecule has 0 saturated heterocycles. The van der Waals surface area contributed by atoms with E-state index in [0.717, 1.165) is 0 Å². The Kier molecular flexibility index (Phi) is 3.38. The fourth-order valence-corrected chi connectivity index (χ4v) is 1.10. The lowest BCUT2D eigenvalue weighted by molar-refractivity contribution is -0.176. The van der Waals surface area contributed by atoms with Gasteiger partial charge in [0.1, 0.15) is 12.3 Å². The average molecular weight is 229 g/mol. The smallest absolute Gasteiger partial charge is 0.366 e. The van der Waals surface area contributed by atoms with Crippen molar-refractivity contribution in [1.29, 1.82) is 0 Å². The van der Waals surface area contributed by atoms with Gasteiger partial charge in [-0.3, -0.25) is 4.68 Å². The minimum absolute atomic E-state index is 0.237. The molecule has 1 heterocycles. The summed E-state index contributed by atoms with van der Waals surface area (Å²) in [4.78, 5) is 0. The van der Waals surface area contributed by atoms with Gasteiger partial charge in [0, 0.05) is 13.2 Å². The van der Waals surface area contributed by atoms with Crippen LogP contribution in [0, 0.1) is 0 Å². The van der Waals surface area contributed by atoms with E-state index in [-0.39, 0.29) is 6.61 Å². The number of halogens is 4. The summed E-state index contributed by atoms with van der Waals surface area (Å²) in [5, 5.41) is 4.12. The quantitative estimate of drug-likeness (QED) is 0.793. The van der Waals surface area contributed by atoms with Gasteiger partial charge in [-0.2, -0.15) is 18.3 Å². The van der Waals surface area contributed by atoms with Crippen molar-refractivity contribution in [3.63, 3.8) is 0 Å². The lowest BCUT2D eigenvalue weighted by atomic mass is 10.5. The second-order valence-electron chi connectivity index (χ2n) is 2.71. The van der Waals surface area contributed by atoms with Crippen LogP contribution in [0.2, 0.25) is 5.02 Å². The van der Waals surface area contributed by atoms with Crippen molar-refractivity contribution in [3.05, 3.63) is 16.9 Å². The van der Waals surface area contributed by atoms with Crippen LogP contribution < -0.4 is 0 Å². The second kappa shape index (κ2) is 4.18. The van der Waals surface area contributed by atoms with E-state index in [1.165, 1.54) is 10.9 Å². The predicted molar refractivity (Wildman–Crippen MR) is 43.9 cm³/mol. The summed E-state index contributed by atoms with van der Waals surface area (Å²) in [5.41, 5.74) is 0.304. The van der Waals surface area contributed by atoms with Crippen molar-refractivity contribution in [1.82, 2.24) is 9.78 Å². The summed E-state index contributed by atoms with van der Waals surface area (Å²) in [7, 11) is 1.62. The SMILES string of the molecule is Cn1cc(Cl)c(COCC(F)(F)F)n1. The van der Waals surface area contributed by atoms with E-state index in [1.54, 1.807) is 7.05 Å². The molecule has 0 saturated carbocycles. The molecule has 0 aromatic carbocycles. The van der Waals surface area contributed by atoms with Crippen molar-refractivity contribution in [2.75, 3.05) is 6.61 Å². The van der Waals surface area contributed by atoms with Gasteiger partial charge in [-0.1, -0.05) is 11.6 Å². The maximum atomic E-state index is 11.7. The molecule has 14 heavy (non-hydrogen) atoms. The van der Waals surface area contributed by atoms with Crippen LogP contribution in [-0.4, -0.2) is 22.6 Å². The molecule has 0 bridgehead atoms. The Morgan fingerprint density at radius 2 is 2.21 bits per heavy atom. The summed E-state index contributed by atoms with van der Waals surface area (Å²) in [6.45, 7) is -1.53. The third-order valence-electron chi connectivity index (χ3n) is 1.36. The van der Waals surface area contributed by atoms with Crippen LogP contribution in [0.25, 0.3) is 0 Å². The van der Waals surface area contributed by atoms with E-state index in [1.807, 2.05) is 0 Å². The molecule has 0 aliphatic rings. The molecule has 0 unspecified atom stereocenters. The molecule has 80 valence electrons. The van der Waals surface area contributed by atoms with E-state index in [2.05, 4.69) is 9.84 Å². The number of hydrogen-bond acceptors (Lipinski definition) is 2. The fourth-order valence-electron chi connectivity index (χ4n) is 0.867. The molecule has 7 heteroatoms. The number of nitrogens with zero attached hydrogens (tertiary/aromatic N) is 2. The van der Waals surface area contributed by atoms with Crippen LogP contribution in [0.1, 0.15) is 5.69 Å². The first-order valence-electron chi connectivity index (χ1n) is 3.71. The van der Waals surface area contributed by atoms with Crippen molar-refractivity contribution >= 4 is 11.6 Å². The van der Waals surface area contributed by atoms with E-state index in [0.29, 0.717) is 10.7 Å². The van der Waals surface area contributed by atoms with E-state index in [4.69, 9.17) is 11.6 Å². The van der Waals surface area contributed by atoms with Crippen LogP contribution in [0.4, 0.5) is 13.2 Å². The Labute approximate surface area is 83.4 Å². The summed E-state index contributed by atoms with van der Waals surface area (Å²) >= 11 is 5.65. The molecule has 0 N–H and O–H groups in total. The molecule has 0 atom stereocenters. The monoisotopic (exact) mass is 228 g/mol. The summed E-state index contributed by atoms with van der Waals surface area (Å²) in [5.74, 6) is 0. The number of rotatable bonds is 3. The predicted octanol–water partition coefficient (Wildman–Crippen LogP) is 2.15. The number of aromatic nitrogens is 2. The zero-order chi connectivity index (χ0) is 10.8. The molecule has 1 rings (SSSR count). The second-order valence-corrected chi connectivity index (χ2v) is 3.11. The normalized spacial score (nSPS) is 12.1. The van der Waals surface area contributed by atoms with Gasteiger partial charge >= 0.3 is 6.18 Å². The Hall–Kier alpha value is -0.750. The van der Waals surface area contributed by atoms with Gasteiger partial charge in [-0.05, 0) is 0 Å². The van der Waals surface area contributed by atoms with Crippen LogP contribution in [0.3, 0.4) is 0 Å². The molecular weight excluding hydrogens is 221 g/mol. The number of aryl methyl sites for hydroxylation is 1. The highest BCUT2D eigenvalue weighted by molar-refractivity contribution is 6.31.